The number of thiocarbonyl (C=S) groups is 1. The van der Waals surface area contributed by atoms with Crippen molar-refractivity contribution in [1.82, 2.24) is 0 Å². The summed E-state index contributed by atoms with van der Waals surface area (Å²) >= 11 is 5.23. The molecule has 0 saturated carbocycles. The minimum atomic E-state index is 0.0239. The van der Waals surface area contributed by atoms with Crippen molar-refractivity contribution in [2.45, 2.75) is 0 Å². The highest BCUT2D eigenvalue weighted by atomic mass is 32.1. The van der Waals surface area contributed by atoms with Crippen LogP contribution < -0.4 is 16.2 Å². The van der Waals surface area contributed by atoms with Gasteiger partial charge in [0.05, 0.1) is 5.69 Å². The molecule has 0 aliphatic carbocycles. The third-order valence-corrected chi connectivity index (χ3v) is 2.63. The highest BCUT2D eigenvalue weighted by molar-refractivity contribution is 7.80. The Morgan fingerprint density at radius 1 is 0.947 bits per heavy atom. The molecule has 2 aromatic carbocycles. The zero-order chi connectivity index (χ0) is 13.7. The van der Waals surface area contributed by atoms with Crippen LogP contribution in [0.4, 0.5) is 5.69 Å². The number of para-hydroxylation sites is 1. The molecular weight excluding hydrogens is 258 g/mol. The molecule has 0 spiro atoms. The SMILES string of the molecule is NC(N)=Nc1ccc(C(=S)Oc2ccccc2)cc1. The van der Waals surface area contributed by atoms with Crippen molar-refractivity contribution in [3.8, 4) is 5.75 Å². The van der Waals surface area contributed by atoms with E-state index in [1.165, 1.54) is 0 Å². The molecule has 2 rings (SSSR count). The van der Waals surface area contributed by atoms with Gasteiger partial charge in [-0.15, -0.1) is 0 Å². The molecule has 2 aromatic rings. The first kappa shape index (κ1) is 13.0. The maximum Gasteiger partial charge on any atom is 0.198 e. The Morgan fingerprint density at radius 2 is 1.58 bits per heavy atom. The van der Waals surface area contributed by atoms with Gasteiger partial charge >= 0.3 is 0 Å². The van der Waals surface area contributed by atoms with E-state index in [-0.39, 0.29) is 5.96 Å². The van der Waals surface area contributed by atoms with Gasteiger partial charge in [0.25, 0.3) is 0 Å². The summed E-state index contributed by atoms with van der Waals surface area (Å²) in [5, 5.41) is 0.405. The lowest BCUT2D eigenvalue weighted by molar-refractivity contribution is 0.566. The van der Waals surface area contributed by atoms with Crippen LogP contribution in [0.25, 0.3) is 0 Å². The average molecular weight is 271 g/mol. The Labute approximate surface area is 116 Å². The zero-order valence-electron chi connectivity index (χ0n) is 10.1. The summed E-state index contributed by atoms with van der Waals surface area (Å²) in [4.78, 5) is 3.93. The first-order chi connectivity index (χ1) is 9.15. The number of benzene rings is 2. The van der Waals surface area contributed by atoms with Crippen molar-refractivity contribution in [2.75, 3.05) is 0 Å². The summed E-state index contributed by atoms with van der Waals surface area (Å²) in [6, 6.07) is 16.6. The highest BCUT2D eigenvalue weighted by Crippen LogP contribution is 2.16. The molecule has 4 nitrogen and oxygen atoms in total. The number of aliphatic imine (C=N–C) groups is 1. The predicted octanol–water partition coefficient (Wildman–Crippen LogP) is 2.35. The van der Waals surface area contributed by atoms with E-state index in [9.17, 15) is 0 Å². The Hall–Kier alpha value is -2.40. The standard InChI is InChI=1S/C14H13N3OS/c15-14(16)17-11-8-6-10(7-9-11)13(19)18-12-4-2-1-3-5-12/h1-9H,(H4,15,16,17). The molecule has 0 heterocycles. The monoisotopic (exact) mass is 271 g/mol. The highest BCUT2D eigenvalue weighted by Gasteiger charge is 2.03. The lowest BCUT2D eigenvalue weighted by Crippen LogP contribution is -2.21. The normalized spacial score (nSPS) is 9.68. The van der Waals surface area contributed by atoms with Gasteiger partial charge < -0.3 is 16.2 Å². The van der Waals surface area contributed by atoms with Crippen molar-refractivity contribution in [2.24, 2.45) is 16.5 Å². The largest absolute Gasteiger partial charge is 0.445 e. The number of ether oxygens (including phenoxy) is 1. The van der Waals surface area contributed by atoms with Crippen molar-refractivity contribution in [3.63, 3.8) is 0 Å². The van der Waals surface area contributed by atoms with E-state index >= 15 is 0 Å². The summed E-state index contributed by atoms with van der Waals surface area (Å²) in [6.45, 7) is 0. The van der Waals surface area contributed by atoms with Crippen molar-refractivity contribution >= 4 is 28.9 Å². The molecule has 0 unspecified atom stereocenters. The number of nitrogens with zero attached hydrogens (tertiary/aromatic N) is 1. The first-order valence-electron chi connectivity index (χ1n) is 5.62. The molecule has 0 bridgehead atoms. The molecule has 5 heteroatoms. The second-order valence-corrected chi connectivity index (χ2v) is 4.16. The number of hydrogen-bond acceptors (Lipinski definition) is 3. The minimum Gasteiger partial charge on any atom is -0.445 e. The van der Waals surface area contributed by atoms with Crippen LogP contribution in [-0.2, 0) is 0 Å². The molecule has 0 aromatic heterocycles. The van der Waals surface area contributed by atoms with Crippen molar-refractivity contribution in [1.29, 1.82) is 0 Å². The molecule has 96 valence electrons. The van der Waals surface area contributed by atoms with Crippen LogP contribution in [-0.4, -0.2) is 11.0 Å². The Kier molecular flexibility index (Phi) is 4.10. The molecule has 0 atom stereocenters. The summed E-state index contributed by atoms with van der Waals surface area (Å²) in [5.74, 6) is 0.733. The van der Waals surface area contributed by atoms with Gasteiger partial charge in [-0.2, -0.15) is 0 Å². The Bertz CT molecular complexity index is 590. The van der Waals surface area contributed by atoms with E-state index < -0.39 is 0 Å². The fraction of sp³-hybridized carbons (Fsp3) is 0. The van der Waals surface area contributed by atoms with Crippen LogP contribution in [0, 0.1) is 0 Å². The van der Waals surface area contributed by atoms with Crippen LogP contribution in [0.1, 0.15) is 5.56 Å². The van der Waals surface area contributed by atoms with Gasteiger partial charge in [-0.3, -0.25) is 0 Å². The molecule has 0 saturated heterocycles. The predicted molar refractivity (Wildman–Crippen MR) is 80.7 cm³/mol. The summed E-state index contributed by atoms with van der Waals surface area (Å²) in [5.41, 5.74) is 12.1. The van der Waals surface area contributed by atoms with Crippen molar-refractivity contribution in [3.05, 3.63) is 60.2 Å². The van der Waals surface area contributed by atoms with E-state index in [0.717, 1.165) is 5.56 Å². The van der Waals surface area contributed by atoms with Crippen LogP contribution in [0.3, 0.4) is 0 Å². The quantitative estimate of drug-likeness (QED) is 0.510. The smallest absolute Gasteiger partial charge is 0.198 e. The number of hydrogen-bond donors (Lipinski definition) is 2. The first-order valence-corrected chi connectivity index (χ1v) is 6.03. The summed E-state index contributed by atoms with van der Waals surface area (Å²) in [7, 11) is 0. The molecule has 4 N–H and O–H groups in total. The lowest BCUT2D eigenvalue weighted by Gasteiger charge is -2.07. The van der Waals surface area contributed by atoms with Gasteiger partial charge in [0, 0.05) is 5.56 Å². The zero-order valence-corrected chi connectivity index (χ0v) is 10.9. The third kappa shape index (κ3) is 3.79. The van der Waals surface area contributed by atoms with Crippen LogP contribution in [0.15, 0.2) is 59.6 Å². The van der Waals surface area contributed by atoms with E-state index in [1.54, 1.807) is 12.1 Å². The van der Waals surface area contributed by atoms with E-state index in [0.29, 0.717) is 16.5 Å². The van der Waals surface area contributed by atoms with E-state index in [4.69, 9.17) is 28.4 Å². The van der Waals surface area contributed by atoms with Gasteiger partial charge in [-0.1, -0.05) is 18.2 Å². The van der Waals surface area contributed by atoms with Gasteiger partial charge in [0.2, 0.25) is 0 Å². The molecule has 0 radical (unpaired) electrons. The van der Waals surface area contributed by atoms with Crippen LogP contribution >= 0.6 is 12.2 Å². The maximum atomic E-state index is 5.57. The molecule has 19 heavy (non-hydrogen) atoms. The number of guanidine groups is 1. The second kappa shape index (κ2) is 5.97. The van der Waals surface area contributed by atoms with E-state index in [2.05, 4.69) is 4.99 Å². The lowest BCUT2D eigenvalue weighted by atomic mass is 10.2. The van der Waals surface area contributed by atoms with Crippen LogP contribution in [0.2, 0.25) is 0 Å². The van der Waals surface area contributed by atoms with Crippen LogP contribution in [0.5, 0.6) is 5.75 Å². The summed E-state index contributed by atoms with van der Waals surface area (Å²) < 4.78 is 5.57. The molecular formula is C14H13N3OS. The van der Waals surface area contributed by atoms with Crippen molar-refractivity contribution < 1.29 is 4.74 Å². The molecule has 0 amide bonds. The maximum absolute atomic E-state index is 5.57. The fourth-order valence-corrected chi connectivity index (χ4v) is 1.71. The van der Waals surface area contributed by atoms with Gasteiger partial charge in [-0.25, -0.2) is 4.99 Å². The van der Waals surface area contributed by atoms with Gasteiger partial charge in [0.1, 0.15) is 5.75 Å². The number of nitrogens with two attached hydrogens (primary N) is 2. The number of rotatable bonds is 3. The average Bonchev–Trinajstić information content (AvgIpc) is 2.40. The molecule has 0 fully saturated rings. The summed E-state index contributed by atoms with van der Waals surface area (Å²) in [6.07, 6.45) is 0. The fourth-order valence-electron chi connectivity index (χ4n) is 1.48. The third-order valence-electron chi connectivity index (χ3n) is 2.31. The topological polar surface area (TPSA) is 73.6 Å². The molecule has 0 aliphatic heterocycles. The Balaban J connectivity index is 2.10. The van der Waals surface area contributed by atoms with Gasteiger partial charge in [-0.05, 0) is 48.6 Å². The second-order valence-electron chi connectivity index (χ2n) is 3.79. The molecule has 0 aliphatic rings. The van der Waals surface area contributed by atoms with E-state index in [1.807, 2.05) is 42.5 Å². The Morgan fingerprint density at radius 3 is 2.16 bits per heavy atom. The minimum absolute atomic E-state index is 0.0239. The van der Waals surface area contributed by atoms with Gasteiger partial charge in [0.15, 0.2) is 11.0 Å².